The molecule has 0 saturated carbocycles. The Labute approximate surface area is 137 Å². The molecule has 1 heterocycles. The van der Waals surface area contributed by atoms with Crippen LogP contribution in [0.2, 0.25) is 0 Å². The summed E-state index contributed by atoms with van der Waals surface area (Å²) in [5.41, 5.74) is 9.48. The number of aromatic nitrogens is 1. The molecule has 1 atom stereocenters. The predicted octanol–water partition coefficient (Wildman–Crippen LogP) is 4.91. The van der Waals surface area contributed by atoms with Gasteiger partial charge in [0.15, 0.2) is 0 Å². The van der Waals surface area contributed by atoms with E-state index in [0.717, 1.165) is 46.6 Å². The molecule has 0 amide bonds. The zero-order valence-corrected chi connectivity index (χ0v) is 13.6. The van der Waals surface area contributed by atoms with Gasteiger partial charge in [0.2, 0.25) is 0 Å². The number of hydrogen-bond acceptors (Lipinski definition) is 3. The van der Waals surface area contributed by atoms with Crippen LogP contribution in [0.5, 0.6) is 5.75 Å². The van der Waals surface area contributed by atoms with Crippen LogP contribution in [-0.2, 0) is 0 Å². The monoisotopic (exact) mass is 306 g/mol. The van der Waals surface area contributed by atoms with Crippen molar-refractivity contribution in [2.24, 2.45) is 5.92 Å². The quantitative estimate of drug-likeness (QED) is 0.681. The molecule has 23 heavy (non-hydrogen) atoms. The fourth-order valence-corrected chi connectivity index (χ4v) is 2.36. The van der Waals surface area contributed by atoms with Crippen LogP contribution in [-0.4, -0.2) is 11.6 Å². The summed E-state index contributed by atoms with van der Waals surface area (Å²) in [6.45, 7) is 5.12. The molecular formula is C20H22N2O. The Morgan fingerprint density at radius 1 is 1.04 bits per heavy atom. The molecule has 0 aliphatic heterocycles. The first kappa shape index (κ1) is 15.3. The van der Waals surface area contributed by atoms with Crippen LogP contribution < -0.4 is 10.5 Å². The van der Waals surface area contributed by atoms with E-state index >= 15 is 0 Å². The second kappa shape index (κ2) is 6.69. The van der Waals surface area contributed by atoms with E-state index in [2.05, 4.69) is 26.0 Å². The van der Waals surface area contributed by atoms with Crippen molar-refractivity contribution in [3.05, 3.63) is 54.6 Å². The average molecular weight is 306 g/mol. The molecule has 3 nitrogen and oxygen atoms in total. The van der Waals surface area contributed by atoms with E-state index in [0.29, 0.717) is 5.92 Å². The lowest BCUT2D eigenvalue weighted by atomic mass is 10.1. The summed E-state index contributed by atoms with van der Waals surface area (Å²) in [7, 11) is 0. The van der Waals surface area contributed by atoms with Crippen molar-refractivity contribution in [3.63, 3.8) is 0 Å². The van der Waals surface area contributed by atoms with Gasteiger partial charge >= 0.3 is 0 Å². The number of nitrogens with two attached hydrogens (primary N) is 1. The van der Waals surface area contributed by atoms with E-state index in [9.17, 15) is 0 Å². The third-order valence-corrected chi connectivity index (χ3v) is 4.10. The highest BCUT2D eigenvalue weighted by Gasteiger charge is 2.04. The van der Waals surface area contributed by atoms with Crippen molar-refractivity contribution >= 4 is 16.6 Å². The summed E-state index contributed by atoms with van der Waals surface area (Å²) in [4.78, 5) is 4.73. The van der Waals surface area contributed by atoms with E-state index in [4.69, 9.17) is 15.5 Å². The highest BCUT2D eigenvalue weighted by atomic mass is 16.5. The molecular weight excluding hydrogens is 284 g/mol. The summed E-state index contributed by atoms with van der Waals surface area (Å²) in [6.07, 6.45) is 1.13. The Morgan fingerprint density at radius 3 is 2.57 bits per heavy atom. The molecule has 0 fully saturated rings. The van der Waals surface area contributed by atoms with Gasteiger partial charge in [-0.2, -0.15) is 0 Å². The van der Waals surface area contributed by atoms with Gasteiger partial charge in [-0.3, -0.25) is 0 Å². The minimum Gasteiger partial charge on any atom is -0.493 e. The van der Waals surface area contributed by atoms with Crippen molar-refractivity contribution in [3.8, 4) is 17.0 Å². The molecule has 2 aromatic carbocycles. The molecule has 2 N–H and O–H groups in total. The standard InChI is InChI=1S/C20H22N2O/c1-3-14(2)13-23-18-9-11-20-16(12-18)6-10-19(22-20)15-4-7-17(21)8-5-15/h4-12,14H,3,13,21H2,1-2H3. The number of pyridine rings is 1. The first-order valence-corrected chi connectivity index (χ1v) is 8.05. The van der Waals surface area contributed by atoms with E-state index in [1.165, 1.54) is 0 Å². The Bertz CT molecular complexity index is 796. The zero-order chi connectivity index (χ0) is 16.2. The van der Waals surface area contributed by atoms with Crippen LogP contribution in [0.25, 0.3) is 22.2 Å². The van der Waals surface area contributed by atoms with Crippen LogP contribution in [0.1, 0.15) is 20.3 Å². The van der Waals surface area contributed by atoms with Crippen LogP contribution in [0.4, 0.5) is 5.69 Å². The molecule has 118 valence electrons. The first-order valence-electron chi connectivity index (χ1n) is 8.05. The number of rotatable bonds is 5. The third-order valence-electron chi connectivity index (χ3n) is 4.10. The molecule has 1 unspecified atom stereocenters. The van der Waals surface area contributed by atoms with Crippen molar-refractivity contribution < 1.29 is 4.74 Å². The van der Waals surface area contributed by atoms with Crippen molar-refractivity contribution in [1.29, 1.82) is 0 Å². The molecule has 0 saturated heterocycles. The van der Waals surface area contributed by atoms with Crippen LogP contribution in [0.3, 0.4) is 0 Å². The zero-order valence-electron chi connectivity index (χ0n) is 13.6. The molecule has 0 aliphatic carbocycles. The highest BCUT2D eigenvalue weighted by molar-refractivity contribution is 5.83. The van der Waals surface area contributed by atoms with E-state index < -0.39 is 0 Å². The van der Waals surface area contributed by atoms with Crippen molar-refractivity contribution in [2.45, 2.75) is 20.3 Å². The maximum atomic E-state index is 5.85. The summed E-state index contributed by atoms with van der Waals surface area (Å²) in [6, 6.07) is 18.0. The molecule has 0 aliphatic rings. The Hall–Kier alpha value is -2.55. The number of benzene rings is 2. The number of hydrogen-bond donors (Lipinski definition) is 1. The van der Waals surface area contributed by atoms with Crippen LogP contribution >= 0.6 is 0 Å². The second-order valence-corrected chi connectivity index (χ2v) is 6.00. The predicted molar refractivity (Wildman–Crippen MR) is 96.5 cm³/mol. The van der Waals surface area contributed by atoms with Gasteiger partial charge in [-0.1, -0.05) is 38.5 Å². The maximum Gasteiger partial charge on any atom is 0.120 e. The summed E-state index contributed by atoms with van der Waals surface area (Å²) >= 11 is 0. The topological polar surface area (TPSA) is 48.1 Å². The molecule has 1 aromatic heterocycles. The Kier molecular flexibility index (Phi) is 4.47. The summed E-state index contributed by atoms with van der Waals surface area (Å²) < 4.78 is 5.85. The molecule has 3 heteroatoms. The molecule has 0 bridgehead atoms. The van der Waals surface area contributed by atoms with Gasteiger partial charge in [-0.05, 0) is 42.3 Å². The van der Waals surface area contributed by atoms with Gasteiger partial charge in [-0.15, -0.1) is 0 Å². The first-order chi connectivity index (χ1) is 11.2. The minimum atomic E-state index is 0.566. The van der Waals surface area contributed by atoms with Gasteiger partial charge in [0.25, 0.3) is 0 Å². The SMILES string of the molecule is CCC(C)COc1ccc2nc(-c3ccc(N)cc3)ccc2c1. The van der Waals surface area contributed by atoms with E-state index in [-0.39, 0.29) is 0 Å². The van der Waals surface area contributed by atoms with Gasteiger partial charge in [-0.25, -0.2) is 4.98 Å². The second-order valence-electron chi connectivity index (χ2n) is 6.00. The number of ether oxygens (including phenoxy) is 1. The molecule has 0 radical (unpaired) electrons. The fraction of sp³-hybridized carbons (Fsp3) is 0.250. The third kappa shape index (κ3) is 3.62. The number of anilines is 1. The highest BCUT2D eigenvalue weighted by Crippen LogP contribution is 2.25. The largest absolute Gasteiger partial charge is 0.493 e. The fourth-order valence-electron chi connectivity index (χ4n) is 2.36. The van der Waals surface area contributed by atoms with Gasteiger partial charge in [0.05, 0.1) is 17.8 Å². The maximum absolute atomic E-state index is 5.85. The molecule has 3 rings (SSSR count). The smallest absolute Gasteiger partial charge is 0.120 e. The average Bonchev–Trinajstić information content (AvgIpc) is 2.59. The van der Waals surface area contributed by atoms with Gasteiger partial charge in [0.1, 0.15) is 5.75 Å². The van der Waals surface area contributed by atoms with Gasteiger partial charge in [0, 0.05) is 16.6 Å². The normalized spacial score (nSPS) is 12.3. The minimum absolute atomic E-state index is 0.566. The number of nitrogen functional groups attached to an aromatic ring is 1. The molecule has 0 spiro atoms. The Morgan fingerprint density at radius 2 is 1.83 bits per heavy atom. The van der Waals surface area contributed by atoms with E-state index in [1.54, 1.807) is 0 Å². The lowest BCUT2D eigenvalue weighted by Crippen LogP contribution is -2.07. The van der Waals surface area contributed by atoms with Crippen molar-refractivity contribution in [1.82, 2.24) is 4.98 Å². The number of fused-ring (bicyclic) bond motifs is 1. The Balaban J connectivity index is 1.85. The van der Waals surface area contributed by atoms with Gasteiger partial charge < -0.3 is 10.5 Å². The van der Waals surface area contributed by atoms with Crippen molar-refractivity contribution in [2.75, 3.05) is 12.3 Å². The lowest BCUT2D eigenvalue weighted by Gasteiger charge is -2.11. The van der Waals surface area contributed by atoms with Crippen LogP contribution in [0.15, 0.2) is 54.6 Å². The number of nitrogens with zero attached hydrogens (tertiary/aromatic N) is 1. The lowest BCUT2D eigenvalue weighted by molar-refractivity contribution is 0.257. The summed E-state index contributed by atoms with van der Waals surface area (Å²) in [5.74, 6) is 1.47. The van der Waals surface area contributed by atoms with E-state index in [1.807, 2.05) is 42.5 Å². The molecule has 3 aromatic rings. The summed E-state index contributed by atoms with van der Waals surface area (Å²) in [5, 5.41) is 1.09. The van der Waals surface area contributed by atoms with Crippen LogP contribution in [0, 0.1) is 5.92 Å².